The number of benzene rings is 1. The molecule has 170 valence electrons. The molecule has 1 atom stereocenters. The fourth-order valence-corrected chi connectivity index (χ4v) is 4.76. The molecule has 1 unspecified atom stereocenters. The van der Waals surface area contributed by atoms with Crippen molar-refractivity contribution in [2.75, 3.05) is 46.4 Å². The van der Waals surface area contributed by atoms with Gasteiger partial charge in [0.1, 0.15) is 0 Å². The molecule has 2 saturated heterocycles. The summed E-state index contributed by atoms with van der Waals surface area (Å²) in [5.74, 6) is 0.640. The van der Waals surface area contributed by atoms with E-state index in [4.69, 9.17) is 4.74 Å². The van der Waals surface area contributed by atoms with Crippen LogP contribution in [0.4, 0.5) is 4.79 Å². The molecule has 1 saturated carbocycles. The Labute approximate surface area is 185 Å². The fraction of sp³-hybridized carbons (Fsp3) is 0.667. The van der Waals surface area contributed by atoms with E-state index in [1.54, 1.807) is 4.90 Å². The Hall–Kier alpha value is -2.12. The van der Waals surface area contributed by atoms with Gasteiger partial charge in [-0.15, -0.1) is 0 Å². The van der Waals surface area contributed by atoms with Gasteiger partial charge in [-0.25, -0.2) is 4.79 Å². The Morgan fingerprint density at radius 2 is 1.77 bits per heavy atom. The summed E-state index contributed by atoms with van der Waals surface area (Å²) in [5, 5.41) is 3.01. The van der Waals surface area contributed by atoms with Gasteiger partial charge in [-0.2, -0.15) is 0 Å². The molecule has 3 amide bonds. The van der Waals surface area contributed by atoms with Crippen molar-refractivity contribution in [2.45, 2.75) is 50.7 Å². The van der Waals surface area contributed by atoms with Gasteiger partial charge in [0.25, 0.3) is 0 Å². The van der Waals surface area contributed by atoms with E-state index >= 15 is 0 Å². The summed E-state index contributed by atoms with van der Waals surface area (Å²) in [7, 11) is 1.86. The van der Waals surface area contributed by atoms with Crippen LogP contribution in [-0.2, 0) is 16.1 Å². The van der Waals surface area contributed by atoms with Gasteiger partial charge < -0.3 is 19.9 Å². The molecule has 7 heteroatoms. The maximum atomic E-state index is 12.6. The van der Waals surface area contributed by atoms with Crippen LogP contribution in [-0.4, -0.2) is 85.2 Å². The van der Waals surface area contributed by atoms with Crippen molar-refractivity contribution in [3.05, 3.63) is 35.9 Å². The number of nitrogens with zero attached hydrogens (tertiary/aromatic N) is 3. The minimum atomic E-state index is -0.0484. The minimum absolute atomic E-state index is 0.0484. The molecule has 0 radical (unpaired) electrons. The van der Waals surface area contributed by atoms with Crippen molar-refractivity contribution in [1.82, 2.24) is 20.0 Å². The number of nitrogens with one attached hydrogen (secondary N) is 1. The molecule has 2 heterocycles. The van der Waals surface area contributed by atoms with Crippen molar-refractivity contribution in [3.63, 3.8) is 0 Å². The summed E-state index contributed by atoms with van der Waals surface area (Å²) >= 11 is 0. The predicted octanol–water partition coefficient (Wildman–Crippen LogP) is 2.32. The highest BCUT2D eigenvalue weighted by Gasteiger charge is 2.39. The average molecular weight is 429 g/mol. The maximum Gasteiger partial charge on any atom is 0.317 e. The van der Waals surface area contributed by atoms with E-state index in [0.717, 1.165) is 70.5 Å². The number of carbonyl (C=O) groups excluding carboxylic acids is 2. The van der Waals surface area contributed by atoms with E-state index in [2.05, 4.69) is 15.1 Å². The average Bonchev–Trinajstić information content (AvgIpc) is 3.55. The molecule has 1 N–H and O–H groups in total. The van der Waals surface area contributed by atoms with Gasteiger partial charge in [-0.05, 0) is 37.7 Å². The number of likely N-dealkylation sites (N-methyl/N-ethyl adjacent to an activating group) is 1. The normalized spacial score (nSPS) is 22.0. The molecule has 2 aliphatic heterocycles. The Morgan fingerprint density at radius 3 is 2.48 bits per heavy atom. The standard InChI is InChI=1S/C24H36N4O3/c1-26(24(30)25-17-19-5-3-2-4-6-19)13-14-28(21-10-15-31-16-11-21)22-9-12-27(18-22)23(29)20-7-8-20/h2-6,20-22H,7-18H2,1H3,(H,25,30). The highest BCUT2D eigenvalue weighted by atomic mass is 16.5. The van der Waals surface area contributed by atoms with Crippen LogP contribution in [0.25, 0.3) is 0 Å². The highest BCUT2D eigenvalue weighted by Crippen LogP contribution is 2.33. The summed E-state index contributed by atoms with van der Waals surface area (Å²) in [6.07, 6.45) is 5.20. The Kier molecular flexibility index (Phi) is 7.45. The van der Waals surface area contributed by atoms with E-state index in [1.807, 2.05) is 37.4 Å². The highest BCUT2D eigenvalue weighted by molar-refractivity contribution is 5.81. The van der Waals surface area contributed by atoms with E-state index in [9.17, 15) is 9.59 Å². The molecule has 3 aliphatic rings. The Balaban J connectivity index is 1.30. The summed E-state index contributed by atoms with van der Waals surface area (Å²) in [6, 6.07) is 10.8. The lowest BCUT2D eigenvalue weighted by Crippen LogP contribution is -2.51. The zero-order chi connectivity index (χ0) is 21.6. The van der Waals surface area contributed by atoms with Crippen molar-refractivity contribution < 1.29 is 14.3 Å². The quantitative estimate of drug-likeness (QED) is 0.690. The molecular formula is C24H36N4O3. The van der Waals surface area contributed by atoms with Crippen molar-refractivity contribution >= 4 is 11.9 Å². The number of urea groups is 1. The van der Waals surface area contributed by atoms with Crippen LogP contribution >= 0.6 is 0 Å². The van der Waals surface area contributed by atoms with Gasteiger partial charge in [-0.1, -0.05) is 30.3 Å². The number of hydrogen-bond donors (Lipinski definition) is 1. The first kappa shape index (κ1) is 22.1. The minimum Gasteiger partial charge on any atom is -0.381 e. The monoisotopic (exact) mass is 428 g/mol. The number of hydrogen-bond acceptors (Lipinski definition) is 4. The van der Waals surface area contributed by atoms with E-state index < -0.39 is 0 Å². The lowest BCUT2D eigenvalue weighted by atomic mass is 10.0. The van der Waals surface area contributed by atoms with Crippen LogP contribution in [0.5, 0.6) is 0 Å². The predicted molar refractivity (Wildman–Crippen MR) is 120 cm³/mol. The van der Waals surface area contributed by atoms with Gasteiger partial charge in [-0.3, -0.25) is 9.69 Å². The fourth-order valence-electron chi connectivity index (χ4n) is 4.76. The molecule has 0 bridgehead atoms. The smallest absolute Gasteiger partial charge is 0.317 e. The van der Waals surface area contributed by atoms with Crippen molar-refractivity contribution in [3.8, 4) is 0 Å². The van der Waals surface area contributed by atoms with Gasteiger partial charge in [0.15, 0.2) is 0 Å². The van der Waals surface area contributed by atoms with Crippen LogP contribution in [0.3, 0.4) is 0 Å². The maximum absolute atomic E-state index is 12.6. The third-order valence-corrected chi connectivity index (χ3v) is 6.86. The first-order chi connectivity index (χ1) is 15.1. The molecule has 1 aromatic carbocycles. The summed E-state index contributed by atoms with van der Waals surface area (Å²) in [4.78, 5) is 31.5. The Morgan fingerprint density at radius 1 is 1.03 bits per heavy atom. The summed E-state index contributed by atoms with van der Waals surface area (Å²) in [5.41, 5.74) is 1.10. The lowest BCUT2D eigenvalue weighted by Gasteiger charge is -2.39. The van der Waals surface area contributed by atoms with Crippen LogP contribution in [0, 0.1) is 5.92 Å². The number of amides is 3. The Bertz CT molecular complexity index is 734. The number of rotatable bonds is 8. The molecule has 4 rings (SSSR count). The molecule has 1 aromatic rings. The van der Waals surface area contributed by atoms with Crippen molar-refractivity contribution in [1.29, 1.82) is 0 Å². The summed E-state index contributed by atoms with van der Waals surface area (Å²) in [6.45, 7) is 5.33. The zero-order valence-electron chi connectivity index (χ0n) is 18.7. The van der Waals surface area contributed by atoms with Crippen LogP contribution in [0.2, 0.25) is 0 Å². The van der Waals surface area contributed by atoms with Gasteiger partial charge in [0.2, 0.25) is 5.91 Å². The third-order valence-electron chi connectivity index (χ3n) is 6.86. The number of likely N-dealkylation sites (tertiary alicyclic amines) is 1. The van der Waals surface area contributed by atoms with Gasteiger partial charge in [0, 0.05) is 71.0 Å². The van der Waals surface area contributed by atoms with E-state index in [-0.39, 0.29) is 11.9 Å². The molecule has 3 fully saturated rings. The molecule has 1 aliphatic carbocycles. The molecule has 31 heavy (non-hydrogen) atoms. The van der Waals surface area contributed by atoms with Crippen molar-refractivity contribution in [2.24, 2.45) is 5.92 Å². The van der Waals surface area contributed by atoms with Gasteiger partial charge in [0.05, 0.1) is 0 Å². The third kappa shape index (κ3) is 5.98. The lowest BCUT2D eigenvalue weighted by molar-refractivity contribution is -0.131. The largest absolute Gasteiger partial charge is 0.381 e. The first-order valence-corrected chi connectivity index (χ1v) is 11.8. The molecule has 0 spiro atoms. The zero-order valence-corrected chi connectivity index (χ0v) is 18.7. The topological polar surface area (TPSA) is 65.1 Å². The second-order valence-electron chi connectivity index (χ2n) is 9.15. The van der Waals surface area contributed by atoms with E-state index in [0.29, 0.717) is 31.1 Å². The second-order valence-corrected chi connectivity index (χ2v) is 9.15. The van der Waals surface area contributed by atoms with Gasteiger partial charge >= 0.3 is 6.03 Å². The second kappa shape index (κ2) is 10.5. The van der Waals surface area contributed by atoms with Crippen LogP contribution < -0.4 is 5.32 Å². The van der Waals surface area contributed by atoms with E-state index in [1.165, 1.54) is 0 Å². The molecule has 7 nitrogen and oxygen atoms in total. The first-order valence-electron chi connectivity index (χ1n) is 11.8. The molecular weight excluding hydrogens is 392 g/mol. The number of carbonyl (C=O) groups is 2. The molecule has 0 aromatic heterocycles. The summed E-state index contributed by atoms with van der Waals surface area (Å²) < 4.78 is 5.58. The number of ether oxygens (including phenoxy) is 1. The van der Waals surface area contributed by atoms with Crippen LogP contribution in [0.1, 0.15) is 37.7 Å². The van der Waals surface area contributed by atoms with Crippen LogP contribution in [0.15, 0.2) is 30.3 Å². The SMILES string of the molecule is CN(CCN(C1CCOCC1)C1CCN(C(=O)C2CC2)C1)C(=O)NCc1ccccc1.